The van der Waals surface area contributed by atoms with Crippen molar-refractivity contribution in [2.45, 2.75) is 45.6 Å². The molecule has 2 atom stereocenters. The number of nitrogens with one attached hydrogen (secondary N) is 1. The maximum atomic E-state index is 3.73. The van der Waals surface area contributed by atoms with E-state index in [2.05, 4.69) is 48.8 Å². The van der Waals surface area contributed by atoms with Crippen LogP contribution in [0.4, 0.5) is 0 Å². The van der Waals surface area contributed by atoms with Gasteiger partial charge in [0.25, 0.3) is 0 Å². The fourth-order valence-electron chi connectivity index (χ4n) is 4.35. The first-order valence-corrected chi connectivity index (χ1v) is 9.22. The van der Waals surface area contributed by atoms with Crippen LogP contribution in [-0.2, 0) is 6.42 Å². The predicted octanol–water partition coefficient (Wildman–Crippen LogP) is 4.86. The molecule has 0 bridgehead atoms. The number of hydrogen-bond donors (Lipinski definition) is 1. The van der Waals surface area contributed by atoms with Gasteiger partial charge in [-0.3, -0.25) is 0 Å². The highest BCUT2D eigenvalue weighted by atomic mass is 32.1. The Kier molecular flexibility index (Phi) is 3.35. The van der Waals surface area contributed by atoms with Gasteiger partial charge in [-0.05, 0) is 65.3 Å². The van der Waals surface area contributed by atoms with Gasteiger partial charge in [0, 0.05) is 17.3 Å². The van der Waals surface area contributed by atoms with Crippen molar-refractivity contribution in [1.29, 1.82) is 0 Å². The lowest BCUT2D eigenvalue weighted by Gasteiger charge is -2.32. The molecule has 2 aliphatic carbocycles. The van der Waals surface area contributed by atoms with Gasteiger partial charge >= 0.3 is 0 Å². The SMILES string of the molecule is CC(C)NCC1(Cc2csc3ccccc23)CC2CC2C1. The van der Waals surface area contributed by atoms with E-state index in [0.29, 0.717) is 11.5 Å². The largest absolute Gasteiger partial charge is 0.314 e. The molecule has 0 aliphatic heterocycles. The maximum absolute atomic E-state index is 3.73. The Morgan fingerprint density at radius 3 is 2.76 bits per heavy atom. The number of rotatable bonds is 5. The molecular weight excluding hydrogens is 274 g/mol. The second-order valence-corrected chi connectivity index (χ2v) is 8.54. The average molecular weight is 299 g/mol. The molecule has 21 heavy (non-hydrogen) atoms. The van der Waals surface area contributed by atoms with Gasteiger partial charge in [0.1, 0.15) is 0 Å². The van der Waals surface area contributed by atoms with Crippen LogP contribution in [0.2, 0.25) is 0 Å². The topological polar surface area (TPSA) is 12.0 Å². The second kappa shape index (κ2) is 5.10. The van der Waals surface area contributed by atoms with Gasteiger partial charge in [0.2, 0.25) is 0 Å². The first-order valence-electron chi connectivity index (χ1n) is 8.34. The molecular formula is C19H25NS. The minimum Gasteiger partial charge on any atom is -0.314 e. The molecule has 2 saturated carbocycles. The van der Waals surface area contributed by atoms with Gasteiger partial charge in [-0.2, -0.15) is 0 Å². The molecule has 0 saturated heterocycles. The van der Waals surface area contributed by atoms with Gasteiger partial charge in [-0.15, -0.1) is 11.3 Å². The predicted molar refractivity (Wildman–Crippen MR) is 91.9 cm³/mol. The zero-order valence-corrected chi connectivity index (χ0v) is 13.9. The highest BCUT2D eigenvalue weighted by Crippen LogP contribution is 2.61. The van der Waals surface area contributed by atoms with Crippen LogP contribution in [0.5, 0.6) is 0 Å². The second-order valence-electron chi connectivity index (χ2n) is 7.63. The molecule has 1 nitrogen and oxygen atoms in total. The average Bonchev–Trinajstić information content (AvgIpc) is 2.92. The zero-order valence-electron chi connectivity index (χ0n) is 13.1. The van der Waals surface area contributed by atoms with E-state index in [9.17, 15) is 0 Å². The van der Waals surface area contributed by atoms with E-state index >= 15 is 0 Å². The first-order chi connectivity index (χ1) is 10.2. The van der Waals surface area contributed by atoms with Crippen molar-refractivity contribution in [3.05, 3.63) is 35.2 Å². The molecule has 1 N–H and O–H groups in total. The van der Waals surface area contributed by atoms with Crippen molar-refractivity contribution in [3.8, 4) is 0 Å². The summed E-state index contributed by atoms with van der Waals surface area (Å²) in [5.41, 5.74) is 2.10. The summed E-state index contributed by atoms with van der Waals surface area (Å²) < 4.78 is 1.45. The van der Waals surface area contributed by atoms with Gasteiger partial charge < -0.3 is 5.32 Å². The van der Waals surface area contributed by atoms with Crippen LogP contribution in [-0.4, -0.2) is 12.6 Å². The molecule has 1 aromatic heterocycles. The fourth-order valence-corrected chi connectivity index (χ4v) is 5.31. The number of hydrogen-bond acceptors (Lipinski definition) is 2. The normalized spacial score (nSPS) is 31.0. The van der Waals surface area contributed by atoms with Crippen LogP contribution in [0.25, 0.3) is 10.1 Å². The summed E-state index contributed by atoms with van der Waals surface area (Å²) in [6, 6.07) is 9.50. The molecule has 4 rings (SSSR count). The van der Waals surface area contributed by atoms with Crippen molar-refractivity contribution < 1.29 is 0 Å². The van der Waals surface area contributed by atoms with Crippen molar-refractivity contribution in [2.75, 3.05) is 6.54 Å². The van der Waals surface area contributed by atoms with Gasteiger partial charge in [-0.25, -0.2) is 0 Å². The highest BCUT2D eigenvalue weighted by molar-refractivity contribution is 7.17. The molecule has 0 radical (unpaired) electrons. The summed E-state index contributed by atoms with van der Waals surface area (Å²) in [7, 11) is 0. The van der Waals surface area contributed by atoms with Crippen molar-refractivity contribution in [3.63, 3.8) is 0 Å². The van der Waals surface area contributed by atoms with Crippen LogP contribution in [0, 0.1) is 17.3 Å². The van der Waals surface area contributed by atoms with Gasteiger partial charge in [0.15, 0.2) is 0 Å². The third-order valence-electron chi connectivity index (χ3n) is 5.47. The van der Waals surface area contributed by atoms with E-state index in [1.807, 2.05) is 11.3 Å². The van der Waals surface area contributed by atoms with E-state index < -0.39 is 0 Å². The quantitative estimate of drug-likeness (QED) is 0.831. The number of fused-ring (bicyclic) bond motifs is 2. The van der Waals surface area contributed by atoms with E-state index in [0.717, 1.165) is 11.8 Å². The third kappa shape index (κ3) is 2.64. The van der Waals surface area contributed by atoms with E-state index in [1.165, 1.54) is 42.3 Å². The van der Waals surface area contributed by atoms with Crippen molar-refractivity contribution in [1.82, 2.24) is 5.32 Å². The molecule has 2 fully saturated rings. The molecule has 2 aromatic rings. The molecule has 2 aliphatic rings. The van der Waals surface area contributed by atoms with Crippen molar-refractivity contribution >= 4 is 21.4 Å². The fraction of sp³-hybridized carbons (Fsp3) is 0.579. The molecule has 1 heterocycles. The van der Waals surface area contributed by atoms with Gasteiger partial charge in [-0.1, -0.05) is 32.0 Å². The van der Waals surface area contributed by atoms with Crippen LogP contribution < -0.4 is 5.32 Å². The molecule has 112 valence electrons. The lowest BCUT2D eigenvalue weighted by atomic mass is 9.77. The molecule has 2 heteroatoms. The smallest absolute Gasteiger partial charge is 0.0345 e. The Morgan fingerprint density at radius 1 is 1.24 bits per heavy atom. The number of thiophene rings is 1. The molecule has 1 aromatic carbocycles. The molecule has 0 spiro atoms. The maximum Gasteiger partial charge on any atom is 0.0345 e. The Morgan fingerprint density at radius 2 is 2.00 bits per heavy atom. The van der Waals surface area contributed by atoms with Crippen molar-refractivity contribution in [2.24, 2.45) is 17.3 Å². The summed E-state index contributed by atoms with van der Waals surface area (Å²) in [5.74, 6) is 2.09. The zero-order chi connectivity index (χ0) is 14.4. The van der Waals surface area contributed by atoms with Crippen LogP contribution >= 0.6 is 11.3 Å². The Bertz CT molecular complexity index is 632. The highest BCUT2D eigenvalue weighted by Gasteiger charge is 2.53. The summed E-state index contributed by atoms with van der Waals surface area (Å²) in [6.07, 6.45) is 5.67. The van der Waals surface area contributed by atoms with E-state index in [-0.39, 0.29) is 0 Å². The summed E-state index contributed by atoms with van der Waals surface area (Å²) >= 11 is 1.91. The van der Waals surface area contributed by atoms with Crippen LogP contribution in [0.1, 0.15) is 38.7 Å². The Hall–Kier alpha value is -0.860. The molecule has 2 unspecified atom stereocenters. The van der Waals surface area contributed by atoms with Gasteiger partial charge in [0.05, 0.1) is 0 Å². The van der Waals surface area contributed by atoms with E-state index in [1.54, 1.807) is 5.56 Å². The minimum atomic E-state index is 0.516. The van der Waals surface area contributed by atoms with Crippen LogP contribution in [0.15, 0.2) is 29.6 Å². The number of benzene rings is 1. The van der Waals surface area contributed by atoms with Crippen LogP contribution in [0.3, 0.4) is 0 Å². The Labute approximate surface area is 131 Å². The Balaban J connectivity index is 1.59. The summed E-state index contributed by atoms with van der Waals surface area (Å²) in [5, 5.41) is 7.63. The summed E-state index contributed by atoms with van der Waals surface area (Å²) in [4.78, 5) is 0. The first kappa shape index (κ1) is 13.8. The summed E-state index contributed by atoms with van der Waals surface area (Å²) in [6.45, 7) is 5.73. The minimum absolute atomic E-state index is 0.516. The third-order valence-corrected chi connectivity index (χ3v) is 6.48. The molecule has 0 amide bonds. The lowest BCUT2D eigenvalue weighted by molar-refractivity contribution is 0.242. The lowest BCUT2D eigenvalue weighted by Crippen LogP contribution is -2.38. The van der Waals surface area contributed by atoms with E-state index in [4.69, 9.17) is 0 Å². The standard InChI is InChI=1S/C19H25NS/c1-13(2)20-12-19(8-14-7-15(14)9-19)10-16-11-21-18-6-4-3-5-17(16)18/h3-6,11,13-15,20H,7-10,12H2,1-2H3. The monoisotopic (exact) mass is 299 g/mol.